The maximum Gasteiger partial charge on any atom is 0.118 e. The summed E-state index contributed by atoms with van der Waals surface area (Å²) in [4.78, 5) is 0. The number of hydrogen-bond donors (Lipinski definition) is 1. The molecule has 1 aromatic rings. The fourth-order valence-corrected chi connectivity index (χ4v) is 2.26. The average Bonchev–Trinajstić information content (AvgIpc) is 2.73. The standard InChI is InChI=1S/C12H23N3OS/c1-9(2)13-8-7-12-15-14-11(17-12)6-5-10(3)16-4/h9-10,13H,5-8H2,1-4H3. The summed E-state index contributed by atoms with van der Waals surface area (Å²) < 4.78 is 5.22. The Labute approximate surface area is 108 Å². The fraction of sp³-hybridized carbons (Fsp3) is 0.833. The second-order valence-electron chi connectivity index (χ2n) is 4.53. The minimum absolute atomic E-state index is 0.296. The van der Waals surface area contributed by atoms with Gasteiger partial charge in [-0.3, -0.25) is 0 Å². The number of rotatable bonds is 8. The van der Waals surface area contributed by atoms with Crippen molar-refractivity contribution in [3.63, 3.8) is 0 Å². The Balaban J connectivity index is 2.27. The second kappa shape index (κ2) is 7.74. The largest absolute Gasteiger partial charge is 0.382 e. The zero-order valence-corrected chi connectivity index (χ0v) is 12.0. The lowest BCUT2D eigenvalue weighted by Crippen LogP contribution is -2.24. The van der Waals surface area contributed by atoms with Crippen molar-refractivity contribution in [2.24, 2.45) is 0 Å². The molecule has 1 rings (SSSR count). The van der Waals surface area contributed by atoms with Gasteiger partial charge in [-0.15, -0.1) is 21.5 Å². The lowest BCUT2D eigenvalue weighted by molar-refractivity contribution is 0.111. The first-order valence-corrected chi connectivity index (χ1v) is 7.01. The van der Waals surface area contributed by atoms with Crippen molar-refractivity contribution in [2.45, 2.75) is 52.2 Å². The first-order valence-electron chi connectivity index (χ1n) is 6.19. The van der Waals surface area contributed by atoms with E-state index in [0.29, 0.717) is 12.1 Å². The molecule has 0 radical (unpaired) electrons. The molecule has 0 aliphatic carbocycles. The second-order valence-corrected chi connectivity index (χ2v) is 5.68. The van der Waals surface area contributed by atoms with Crippen molar-refractivity contribution in [1.82, 2.24) is 15.5 Å². The molecule has 17 heavy (non-hydrogen) atoms. The van der Waals surface area contributed by atoms with Crippen molar-refractivity contribution >= 4 is 11.3 Å². The van der Waals surface area contributed by atoms with Crippen LogP contribution in [0.5, 0.6) is 0 Å². The topological polar surface area (TPSA) is 47.0 Å². The molecule has 0 fully saturated rings. The lowest BCUT2D eigenvalue weighted by Gasteiger charge is -2.06. The number of nitrogens with zero attached hydrogens (tertiary/aromatic N) is 2. The Morgan fingerprint density at radius 1 is 1.18 bits per heavy atom. The van der Waals surface area contributed by atoms with E-state index in [0.717, 1.165) is 35.8 Å². The highest BCUT2D eigenvalue weighted by Gasteiger charge is 2.06. The van der Waals surface area contributed by atoms with Gasteiger partial charge in [0.15, 0.2) is 0 Å². The summed E-state index contributed by atoms with van der Waals surface area (Å²) in [5.74, 6) is 0. The van der Waals surface area contributed by atoms with Crippen LogP contribution >= 0.6 is 11.3 Å². The van der Waals surface area contributed by atoms with E-state index in [-0.39, 0.29) is 0 Å². The van der Waals surface area contributed by atoms with Crippen molar-refractivity contribution in [2.75, 3.05) is 13.7 Å². The predicted octanol–water partition coefficient (Wildman–Crippen LogP) is 2.05. The third-order valence-corrected chi connectivity index (χ3v) is 3.61. The highest BCUT2D eigenvalue weighted by Crippen LogP contribution is 2.13. The number of aryl methyl sites for hydroxylation is 1. The first-order chi connectivity index (χ1) is 8.11. The summed E-state index contributed by atoms with van der Waals surface area (Å²) in [5, 5.41) is 14.0. The Hall–Kier alpha value is -0.520. The zero-order chi connectivity index (χ0) is 12.7. The Morgan fingerprint density at radius 2 is 1.82 bits per heavy atom. The summed E-state index contributed by atoms with van der Waals surface area (Å²) in [6.45, 7) is 7.35. The Bertz CT molecular complexity index is 314. The molecule has 1 N–H and O–H groups in total. The van der Waals surface area contributed by atoms with Gasteiger partial charge in [-0.1, -0.05) is 13.8 Å². The van der Waals surface area contributed by atoms with E-state index in [4.69, 9.17) is 4.74 Å². The van der Waals surface area contributed by atoms with Gasteiger partial charge < -0.3 is 10.1 Å². The van der Waals surface area contributed by atoms with Gasteiger partial charge in [0.2, 0.25) is 0 Å². The quantitative estimate of drug-likeness (QED) is 0.774. The molecule has 0 amide bonds. The number of ether oxygens (including phenoxy) is 1. The minimum Gasteiger partial charge on any atom is -0.382 e. The van der Waals surface area contributed by atoms with Crippen LogP contribution in [-0.2, 0) is 17.6 Å². The highest BCUT2D eigenvalue weighted by atomic mass is 32.1. The molecule has 98 valence electrons. The van der Waals surface area contributed by atoms with E-state index in [1.807, 2.05) is 0 Å². The molecule has 0 spiro atoms. The van der Waals surface area contributed by atoms with Crippen LogP contribution in [-0.4, -0.2) is 36.0 Å². The van der Waals surface area contributed by atoms with E-state index in [1.54, 1.807) is 18.4 Å². The molecule has 1 heterocycles. The third kappa shape index (κ3) is 6.10. The van der Waals surface area contributed by atoms with Crippen molar-refractivity contribution in [3.05, 3.63) is 10.0 Å². The predicted molar refractivity (Wildman–Crippen MR) is 71.5 cm³/mol. The molecule has 4 nitrogen and oxygen atoms in total. The fourth-order valence-electron chi connectivity index (χ4n) is 1.40. The van der Waals surface area contributed by atoms with E-state index >= 15 is 0 Å². The summed E-state index contributed by atoms with van der Waals surface area (Å²) >= 11 is 1.72. The summed E-state index contributed by atoms with van der Waals surface area (Å²) in [6, 6.07) is 0.532. The molecule has 1 aromatic heterocycles. The van der Waals surface area contributed by atoms with Crippen LogP contribution < -0.4 is 5.32 Å². The normalized spacial score (nSPS) is 13.2. The van der Waals surface area contributed by atoms with E-state index in [1.165, 1.54) is 0 Å². The molecular weight excluding hydrogens is 234 g/mol. The SMILES string of the molecule is COC(C)CCc1nnc(CCNC(C)C)s1. The lowest BCUT2D eigenvalue weighted by atomic mass is 10.2. The van der Waals surface area contributed by atoms with Gasteiger partial charge in [0.1, 0.15) is 10.0 Å². The van der Waals surface area contributed by atoms with Crippen molar-refractivity contribution in [3.8, 4) is 0 Å². The van der Waals surface area contributed by atoms with Crippen LogP contribution in [0.3, 0.4) is 0 Å². The van der Waals surface area contributed by atoms with Crippen LogP contribution in [0.4, 0.5) is 0 Å². The molecule has 1 unspecified atom stereocenters. The Morgan fingerprint density at radius 3 is 2.41 bits per heavy atom. The van der Waals surface area contributed by atoms with Gasteiger partial charge >= 0.3 is 0 Å². The first kappa shape index (κ1) is 14.5. The minimum atomic E-state index is 0.296. The molecule has 0 aliphatic heterocycles. The molecule has 0 aromatic carbocycles. The van der Waals surface area contributed by atoms with Crippen LogP contribution in [0.1, 0.15) is 37.2 Å². The van der Waals surface area contributed by atoms with Crippen molar-refractivity contribution < 1.29 is 4.74 Å². The van der Waals surface area contributed by atoms with Crippen LogP contribution in [0.15, 0.2) is 0 Å². The zero-order valence-electron chi connectivity index (χ0n) is 11.2. The van der Waals surface area contributed by atoms with Gasteiger partial charge in [0.05, 0.1) is 6.10 Å². The van der Waals surface area contributed by atoms with E-state index in [2.05, 4.69) is 36.3 Å². The maximum absolute atomic E-state index is 5.22. The smallest absolute Gasteiger partial charge is 0.118 e. The van der Waals surface area contributed by atoms with Gasteiger partial charge in [-0.2, -0.15) is 0 Å². The molecule has 0 saturated carbocycles. The maximum atomic E-state index is 5.22. The van der Waals surface area contributed by atoms with Crippen molar-refractivity contribution in [1.29, 1.82) is 0 Å². The van der Waals surface area contributed by atoms with E-state index < -0.39 is 0 Å². The molecule has 0 aliphatic rings. The van der Waals surface area contributed by atoms with Gasteiger partial charge in [-0.25, -0.2) is 0 Å². The van der Waals surface area contributed by atoms with Gasteiger partial charge in [-0.05, 0) is 13.3 Å². The van der Waals surface area contributed by atoms with E-state index in [9.17, 15) is 0 Å². The monoisotopic (exact) mass is 257 g/mol. The summed E-state index contributed by atoms with van der Waals surface area (Å²) in [6.07, 6.45) is 3.24. The van der Waals surface area contributed by atoms with Gasteiger partial charge in [0.25, 0.3) is 0 Å². The Kier molecular flexibility index (Phi) is 6.62. The summed E-state index contributed by atoms with van der Waals surface area (Å²) in [5.41, 5.74) is 0. The number of methoxy groups -OCH3 is 1. The molecule has 5 heteroatoms. The molecule has 1 atom stereocenters. The number of nitrogens with one attached hydrogen (secondary N) is 1. The van der Waals surface area contributed by atoms with Gasteiger partial charge in [0, 0.05) is 32.5 Å². The summed E-state index contributed by atoms with van der Waals surface area (Å²) in [7, 11) is 1.74. The van der Waals surface area contributed by atoms with Crippen LogP contribution in [0.25, 0.3) is 0 Å². The average molecular weight is 257 g/mol. The van der Waals surface area contributed by atoms with Crippen LogP contribution in [0, 0.1) is 0 Å². The third-order valence-electron chi connectivity index (χ3n) is 2.57. The molecular formula is C12H23N3OS. The van der Waals surface area contributed by atoms with Crippen LogP contribution in [0.2, 0.25) is 0 Å². The number of aromatic nitrogens is 2. The molecule has 0 saturated heterocycles. The number of hydrogen-bond acceptors (Lipinski definition) is 5. The molecule has 0 bridgehead atoms. The highest BCUT2D eigenvalue weighted by molar-refractivity contribution is 7.11.